The fourth-order valence-corrected chi connectivity index (χ4v) is 1.49. The Bertz CT molecular complexity index is 170. The molecule has 1 nitrogen and oxygen atoms in total. The van der Waals surface area contributed by atoms with Gasteiger partial charge >= 0.3 is 0 Å². The Balaban J connectivity index is 4.28. The van der Waals surface area contributed by atoms with E-state index in [1.165, 1.54) is 12.0 Å². The van der Waals surface area contributed by atoms with Gasteiger partial charge in [0.25, 0.3) is 0 Å². The van der Waals surface area contributed by atoms with E-state index in [1.54, 1.807) is 0 Å². The summed E-state index contributed by atoms with van der Waals surface area (Å²) in [5.74, 6) is 0.870. The van der Waals surface area contributed by atoms with E-state index in [0.29, 0.717) is 11.8 Å². The summed E-state index contributed by atoms with van der Waals surface area (Å²) in [5, 5.41) is 0. The van der Waals surface area contributed by atoms with Gasteiger partial charge in [0.15, 0.2) is 0 Å². The number of allylic oxidation sites excluding steroid dienone is 2. The van der Waals surface area contributed by atoms with Gasteiger partial charge in [-0.25, -0.2) is 0 Å². The molecule has 2 atom stereocenters. The van der Waals surface area contributed by atoms with Crippen LogP contribution in [0.3, 0.4) is 0 Å². The predicted octanol–water partition coefficient (Wildman–Crippen LogP) is 3.09. The molecule has 0 saturated carbocycles. The fourth-order valence-electron chi connectivity index (χ4n) is 1.49. The highest BCUT2D eigenvalue weighted by Crippen LogP contribution is 2.26. The largest absolute Gasteiger partial charge is 0.402 e. The van der Waals surface area contributed by atoms with E-state index in [1.807, 2.05) is 0 Å². The maximum Gasteiger partial charge on any atom is 0.00422 e. The van der Waals surface area contributed by atoms with Crippen LogP contribution < -0.4 is 5.73 Å². The lowest BCUT2D eigenvalue weighted by Crippen LogP contribution is -2.18. The third kappa shape index (κ3) is 3.12. The van der Waals surface area contributed by atoms with Crippen molar-refractivity contribution in [2.45, 2.75) is 33.6 Å². The van der Waals surface area contributed by atoms with Gasteiger partial charge < -0.3 is 5.73 Å². The van der Waals surface area contributed by atoms with Gasteiger partial charge in [-0.3, -0.25) is 0 Å². The van der Waals surface area contributed by atoms with Crippen molar-refractivity contribution in [2.24, 2.45) is 17.6 Å². The molecule has 1 heteroatoms. The highest BCUT2D eigenvalue weighted by atomic mass is 14.6. The highest BCUT2D eigenvalue weighted by Gasteiger charge is 2.17. The second-order valence-corrected chi connectivity index (χ2v) is 3.61. The van der Waals surface area contributed by atoms with Crippen molar-refractivity contribution in [3.63, 3.8) is 0 Å². The second-order valence-electron chi connectivity index (χ2n) is 3.61. The Kier molecular flexibility index (Phi) is 4.72. The average molecular weight is 167 g/mol. The summed E-state index contributed by atoms with van der Waals surface area (Å²) < 4.78 is 0. The Labute approximate surface area is 76.3 Å². The van der Waals surface area contributed by atoms with Crippen LogP contribution in [0.25, 0.3) is 0 Å². The molecule has 0 spiro atoms. The molecule has 0 aromatic heterocycles. The third-order valence-electron chi connectivity index (χ3n) is 2.42. The lowest BCUT2D eigenvalue weighted by atomic mass is 9.83. The van der Waals surface area contributed by atoms with Crippen molar-refractivity contribution in [3.8, 4) is 0 Å². The lowest BCUT2D eigenvalue weighted by Gasteiger charge is -2.23. The maximum atomic E-state index is 5.67. The number of hydrogen-bond acceptors (Lipinski definition) is 1. The van der Waals surface area contributed by atoms with E-state index in [4.69, 9.17) is 5.73 Å². The quantitative estimate of drug-likeness (QED) is 0.626. The predicted molar refractivity (Wildman–Crippen MR) is 55.7 cm³/mol. The molecule has 0 aliphatic heterocycles. The molecule has 0 bridgehead atoms. The van der Waals surface area contributed by atoms with E-state index < -0.39 is 0 Å². The van der Waals surface area contributed by atoms with Gasteiger partial charge in [0.2, 0.25) is 0 Å². The molecule has 0 fully saturated rings. The minimum Gasteiger partial charge on any atom is -0.402 e. The number of rotatable bonds is 5. The van der Waals surface area contributed by atoms with Crippen LogP contribution in [0.15, 0.2) is 24.4 Å². The molecule has 0 aromatic carbocycles. The summed E-state index contributed by atoms with van der Waals surface area (Å²) in [6.07, 6.45) is 2.34. The van der Waals surface area contributed by atoms with Gasteiger partial charge in [-0.1, -0.05) is 39.0 Å². The van der Waals surface area contributed by atoms with Crippen LogP contribution >= 0.6 is 0 Å². The smallest absolute Gasteiger partial charge is 0.00422 e. The molecule has 0 aromatic rings. The van der Waals surface area contributed by atoms with Crippen molar-refractivity contribution in [1.82, 2.24) is 0 Å². The topological polar surface area (TPSA) is 26.0 Å². The molecule has 0 heterocycles. The molecule has 0 rings (SSSR count). The summed E-state index contributed by atoms with van der Waals surface area (Å²) in [6.45, 7) is 14.1. The minimum atomic E-state index is 0.363. The number of nitrogens with two attached hydrogens (primary N) is 1. The van der Waals surface area contributed by atoms with Crippen LogP contribution in [0.5, 0.6) is 0 Å². The molecule has 0 aliphatic carbocycles. The highest BCUT2D eigenvalue weighted by molar-refractivity contribution is 5.06. The maximum absolute atomic E-state index is 5.67. The molecule has 0 aliphatic rings. The van der Waals surface area contributed by atoms with Gasteiger partial charge in [0, 0.05) is 11.6 Å². The van der Waals surface area contributed by atoms with Crippen molar-refractivity contribution in [3.05, 3.63) is 24.4 Å². The molecule has 2 N–H and O–H groups in total. The van der Waals surface area contributed by atoms with E-state index in [0.717, 1.165) is 12.1 Å². The molecule has 0 saturated heterocycles. The van der Waals surface area contributed by atoms with E-state index in [2.05, 4.69) is 33.9 Å². The summed E-state index contributed by atoms with van der Waals surface area (Å²) in [4.78, 5) is 0. The van der Waals surface area contributed by atoms with Crippen LogP contribution in [0.4, 0.5) is 0 Å². The Morgan fingerprint density at radius 3 is 2.17 bits per heavy atom. The second kappa shape index (κ2) is 5.02. The molecule has 0 radical (unpaired) electrons. The first kappa shape index (κ1) is 11.3. The normalized spacial score (nSPS) is 15.2. The SMILES string of the molecule is C=C(N)C(C)C(CCC)C(=C)C. The third-order valence-corrected chi connectivity index (χ3v) is 2.42. The molecule has 0 amide bonds. The molecular formula is C11H21N. The van der Waals surface area contributed by atoms with Crippen molar-refractivity contribution < 1.29 is 0 Å². The Morgan fingerprint density at radius 1 is 1.42 bits per heavy atom. The zero-order chi connectivity index (χ0) is 9.72. The summed E-state index contributed by atoms with van der Waals surface area (Å²) in [6, 6.07) is 0. The molecular weight excluding hydrogens is 146 g/mol. The minimum absolute atomic E-state index is 0.363. The fraction of sp³-hybridized carbons (Fsp3) is 0.636. The zero-order valence-corrected chi connectivity index (χ0v) is 8.56. The van der Waals surface area contributed by atoms with E-state index >= 15 is 0 Å². The van der Waals surface area contributed by atoms with Gasteiger partial charge in [-0.2, -0.15) is 0 Å². The average Bonchev–Trinajstić information content (AvgIpc) is 1.98. The molecule has 70 valence electrons. The van der Waals surface area contributed by atoms with Gasteiger partial charge in [0.1, 0.15) is 0 Å². The van der Waals surface area contributed by atoms with E-state index in [-0.39, 0.29) is 0 Å². The first-order valence-corrected chi connectivity index (χ1v) is 4.60. The van der Waals surface area contributed by atoms with Crippen molar-refractivity contribution >= 4 is 0 Å². The number of hydrogen-bond donors (Lipinski definition) is 1. The van der Waals surface area contributed by atoms with Gasteiger partial charge in [0.05, 0.1) is 0 Å². The van der Waals surface area contributed by atoms with E-state index in [9.17, 15) is 0 Å². The summed E-state index contributed by atoms with van der Waals surface area (Å²) in [7, 11) is 0. The van der Waals surface area contributed by atoms with Crippen molar-refractivity contribution in [2.75, 3.05) is 0 Å². The van der Waals surface area contributed by atoms with Crippen LogP contribution in [0.2, 0.25) is 0 Å². The lowest BCUT2D eigenvalue weighted by molar-refractivity contribution is 0.428. The Morgan fingerprint density at radius 2 is 1.92 bits per heavy atom. The summed E-state index contributed by atoms with van der Waals surface area (Å²) in [5.41, 5.74) is 7.66. The standard InChI is InChI=1S/C11H21N/c1-6-7-11(8(2)3)9(4)10(5)12/h9,11H,2,5-7,12H2,1,3-4H3. The van der Waals surface area contributed by atoms with Crippen LogP contribution in [0.1, 0.15) is 33.6 Å². The first-order chi connectivity index (χ1) is 5.50. The summed E-state index contributed by atoms with van der Waals surface area (Å²) >= 11 is 0. The van der Waals surface area contributed by atoms with Gasteiger partial charge in [-0.05, 0) is 19.3 Å². The van der Waals surface area contributed by atoms with Crippen molar-refractivity contribution in [1.29, 1.82) is 0 Å². The molecule has 2 unspecified atom stereocenters. The van der Waals surface area contributed by atoms with Gasteiger partial charge in [-0.15, -0.1) is 0 Å². The van der Waals surface area contributed by atoms with Crippen LogP contribution in [-0.4, -0.2) is 0 Å². The van der Waals surface area contributed by atoms with Crippen LogP contribution in [0, 0.1) is 11.8 Å². The monoisotopic (exact) mass is 167 g/mol. The zero-order valence-electron chi connectivity index (χ0n) is 8.56. The Hall–Kier alpha value is -0.720. The first-order valence-electron chi connectivity index (χ1n) is 4.60. The van der Waals surface area contributed by atoms with Crippen LogP contribution in [-0.2, 0) is 0 Å². The molecule has 12 heavy (non-hydrogen) atoms.